The molecule has 0 amide bonds. The highest BCUT2D eigenvalue weighted by molar-refractivity contribution is 5.53. The number of hydrogen-bond acceptors (Lipinski definition) is 3. The highest BCUT2D eigenvalue weighted by atomic mass is 19.4. The fourth-order valence-electron chi connectivity index (χ4n) is 2.28. The van der Waals surface area contributed by atoms with Crippen LogP contribution in [0.4, 0.5) is 13.2 Å². The number of aromatic nitrogens is 3. The Morgan fingerprint density at radius 1 is 1.00 bits per heavy atom. The molecule has 0 aliphatic carbocycles. The Bertz CT molecular complexity index is 798. The Kier molecular flexibility index (Phi) is 4.35. The van der Waals surface area contributed by atoms with Crippen molar-refractivity contribution in [1.82, 2.24) is 14.8 Å². The summed E-state index contributed by atoms with van der Waals surface area (Å²) >= 11 is 0. The minimum atomic E-state index is -4.39. The number of alkyl halides is 3. The van der Waals surface area contributed by atoms with Crippen LogP contribution in [0.25, 0.3) is 11.4 Å². The lowest BCUT2D eigenvalue weighted by molar-refractivity contribution is -0.137. The average Bonchev–Trinajstić information content (AvgIpc) is 3.03. The molecule has 7 heteroatoms. The third-order valence-electron chi connectivity index (χ3n) is 3.55. The van der Waals surface area contributed by atoms with Crippen LogP contribution < -0.4 is 0 Å². The number of rotatable bonds is 4. The van der Waals surface area contributed by atoms with Crippen molar-refractivity contribution in [2.45, 2.75) is 18.8 Å². The van der Waals surface area contributed by atoms with Crippen LogP contribution >= 0.6 is 0 Å². The van der Waals surface area contributed by atoms with Gasteiger partial charge in [-0.25, -0.2) is 9.67 Å². The number of nitrogens with zero attached hydrogens (tertiary/aromatic N) is 3. The van der Waals surface area contributed by atoms with Gasteiger partial charge >= 0.3 is 6.18 Å². The lowest BCUT2D eigenvalue weighted by Gasteiger charge is -2.12. The molecule has 0 spiro atoms. The van der Waals surface area contributed by atoms with Gasteiger partial charge in [-0.15, -0.1) is 0 Å². The van der Waals surface area contributed by atoms with E-state index in [-0.39, 0.29) is 6.54 Å². The molecule has 0 saturated heterocycles. The molecule has 24 heavy (non-hydrogen) atoms. The Morgan fingerprint density at radius 3 is 2.29 bits per heavy atom. The Balaban J connectivity index is 1.71. The van der Waals surface area contributed by atoms with Gasteiger partial charge in [0.25, 0.3) is 0 Å². The molecule has 0 radical (unpaired) electrons. The minimum Gasteiger partial charge on any atom is -0.386 e. The normalized spacial score (nSPS) is 13.0. The topological polar surface area (TPSA) is 50.9 Å². The average molecular weight is 333 g/mol. The van der Waals surface area contributed by atoms with Crippen molar-refractivity contribution < 1.29 is 18.3 Å². The van der Waals surface area contributed by atoms with E-state index in [0.717, 1.165) is 17.7 Å². The number of benzene rings is 2. The summed E-state index contributed by atoms with van der Waals surface area (Å²) in [5.74, 6) is 0.523. The zero-order valence-electron chi connectivity index (χ0n) is 12.5. The van der Waals surface area contributed by atoms with E-state index in [1.807, 2.05) is 30.3 Å². The van der Waals surface area contributed by atoms with Crippen molar-refractivity contribution in [2.75, 3.05) is 0 Å². The fourth-order valence-corrected chi connectivity index (χ4v) is 2.28. The molecule has 1 atom stereocenters. The second kappa shape index (κ2) is 6.45. The molecule has 0 bridgehead atoms. The highest BCUT2D eigenvalue weighted by Crippen LogP contribution is 2.30. The van der Waals surface area contributed by atoms with Gasteiger partial charge in [0.15, 0.2) is 5.82 Å². The van der Waals surface area contributed by atoms with Crippen molar-refractivity contribution in [3.05, 3.63) is 72.1 Å². The molecule has 1 heterocycles. The van der Waals surface area contributed by atoms with Gasteiger partial charge in [-0.05, 0) is 17.7 Å². The van der Waals surface area contributed by atoms with E-state index in [9.17, 15) is 18.3 Å². The first kappa shape index (κ1) is 16.2. The summed E-state index contributed by atoms with van der Waals surface area (Å²) in [6.45, 7) is 0.102. The molecule has 2 aromatic carbocycles. The molecule has 1 unspecified atom stereocenters. The molecule has 1 aromatic heterocycles. The molecule has 0 aliphatic rings. The van der Waals surface area contributed by atoms with Crippen LogP contribution in [0.15, 0.2) is 60.9 Å². The first-order valence-corrected chi connectivity index (χ1v) is 7.23. The largest absolute Gasteiger partial charge is 0.416 e. The predicted octanol–water partition coefficient (Wildman–Crippen LogP) is 3.70. The van der Waals surface area contributed by atoms with Crippen molar-refractivity contribution in [3.63, 3.8) is 0 Å². The summed E-state index contributed by atoms with van der Waals surface area (Å²) in [4.78, 5) is 4.17. The third kappa shape index (κ3) is 3.62. The van der Waals surface area contributed by atoms with E-state index < -0.39 is 17.8 Å². The molecule has 124 valence electrons. The van der Waals surface area contributed by atoms with Gasteiger partial charge < -0.3 is 5.11 Å². The monoisotopic (exact) mass is 333 g/mol. The van der Waals surface area contributed by atoms with E-state index in [1.54, 1.807) is 0 Å². The summed E-state index contributed by atoms with van der Waals surface area (Å²) in [6, 6.07) is 13.8. The van der Waals surface area contributed by atoms with E-state index in [4.69, 9.17) is 0 Å². The second-order valence-electron chi connectivity index (χ2n) is 5.29. The fraction of sp³-hybridized carbons (Fsp3) is 0.176. The van der Waals surface area contributed by atoms with Crippen molar-refractivity contribution in [1.29, 1.82) is 0 Å². The number of aliphatic hydroxyl groups excluding tert-OH is 1. The Hall–Kier alpha value is -2.67. The maximum absolute atomic E-state index is 12.5. The zero-order valence-corrected chi connectivity index (χ0v) is 12.5. The van der Waals surface area contributed by atoms with Crippen LogP contribution in [0.2, 0.25) is 0 Å². The molecule has 3 aromatic rings. The van der Waals surface area contributed by atoms with Crippen molar-refractivity contribution >= 4 is 0 Å². The standard InChI is InChI=1S/C17H14F3N3O/c18-17(19,20)14-8-6-12(7-9-14)15(24)10-23-11-21-16(22-23)13-4-2-1-3-5-13/h1-9,11,15,24H,10H2. The van der Waals surface area contributed by atoms with Gasteiger partial charge in [-0.3, -0.25) is 0 Å². The third-order valence-corrected chi connectivity index (χ3v) is 3.55. The minimum absolute atomic E-state index is 0.102. The predicted molar refractivity (Wildman–Crippen MR) is 81.9 cm³/mol. The first-order valence-electron chi connectivity index (χ1n) is 7.23. The van der Waals surface area contributed by atoms with Gasteiger partial charge in [-0.1, -0.05) is 42.5 Å². The summed E-state index contributed by atoms with van der Waals surface area (Å²) in [7, 11) is 0. The van der Waals surface area contributed by atoms with Gasteiger partial charge in [0.1, 0.15) is 6.33 Å². The first-order chi connectivity index (χ1) is 11.4. The molecule has 0 saturated carbocycles. The summed E-state index contributed by atoms with van der Waals surface area (Å²) in [5.41, 5.74) is 0.491. The van der Waals surface area contributed by atoms with Crippen LogP contribution in [0.1, 0.15) is 17.2 Å². The van der Waals surface area contributed by atoms with Crippen LogP contribution in [0.3, 0.4) is 0 Å². The summed E-state index contributed by atoms with van der Waals surface area (Å²) in [6.07, 6.45) is -3.88. The smallest absolute Gasteiger partial charge is 0.386 e. The molecule has 1 N–H and O–H groups in total. The van der Waals surface area contributed by atoms with Crippen LogP contribution in [0.5, 0.6) is 0 Å². The number of halogens is 3. The SMILES string of the molecule is OC(Cn1cnc(-c2ccccc2)n1)c1ccc(C(F)(F)F)cc1. The maximum atomic E-state index is 12.5. The van der Waals surface area contributed by atoms with E-state index >= 15 is 0 Å². The molecule has 0 aliphatic heterocycles. The molecule has 4 nitrogen and oxygen atoms in total. The van der Waals surface area contributed by atoms with Gasteiger partial charge in [0, 0.05) is 5.56 Å². The zero-order chi connectivity index (χ0) is 17.2. The van der Waals surface area contributed by atoms with Crippen LogP contribution in [-0.4, -0.2) is 19.9 Å². The van der Waals surface area contributed by atoms with Gasteiger partial charge in [-0.2, -0.15) is 18.3 Å². The molecule has 3 rings (SSSR count). The van der Waals surface area contributed by atoms with Crippen LogP contribution in [0, 0.1) is 0 Å². The lowest BCUT2D eigenvalue weighted by Crippen LogP contribution is -2.10. The van der Waals surface area contributed by atoms with Crippen LogP contribution in [-0.2, 0) is 12.7 Å². The van der Waals surface area contributed by atoms with Gasteiger partial charge in [0.05, 0.1) is 18.2 Å². The Morgan fingerprint density at radius 2 is 1.67 bits per heavy atom. The number of hydrogen-bond donors (Lipinski definition) is 1. The molecular formula is C17H14F3N3O. The van der Waals surface area contributed by atoms with Crippen molar-refractivity contribution in [2.24, 2.45) is 0 Å². The summed E-state index contributed by atoms with van der Waals surface area (Å²) < 4.78 is 39.1. The van der Waals surface area contributed by atoms with Gasteiger partial charge in [0.2, 0.25) is 0 Å². The number of aliphatic hydroxyl groups is 1. The van der Waals surface area contributed by atoms with Crippen molar-refractivity contribution in [3.8, 4) is 11.4 Å². The lowest BCUT2D eigenvalue weighted by atomic mass is 10.1. The highest BCUT2D eigenvalue weighted by Gasteiger charge is 2.30. The maximum Gasteiger partial charge on any atom is 0.416 e. The quantitative estimate of drug-likeness (QED) is 0.792. The summed E-state index contributed by atoms with van der Waals surface area (Å²) in [5, 5.41) is 14.4. The van der Waals surface area contributed by atoms with E-state index in [0.29, 0.717) is 11.4 Å². The van der Waals surface area contributed by atoms with E-state index in [2.05, 4.69) is 10.1 Å². The van der Waals surface area contributed by atoms with E-state index in [1.165, 1.54) is 23.1 Å². The Labute approximate surface area is 136 Å². The second-order valence-corrected chi connectivity index (χ2v) is 5.29. The molecule has 0 fully saturated rings. The molecular weight excluding hydrogens is 319 g/mol.